The van der Waals surface area contributed by atoms with Crippen LogP contribution in [0.25, 0.3) is 0 Å². The van der Waals surface area contributed by atoms with E-state index in [-0.39, 0.29) is 17.9 Å². The normalized spacial score (nSPS) is 19.5. The molecule has 0 bridgehead atoms. The zero-order chi connectivity index (χ0) is 17.0. The average Bonchev–Trinajstić information content (AvgIpc) is 3.43. The summed E-state index contributed by atoms with van der Waals surface area (Å²) in [6, 6.07) is 10.3. The summed E-state index contributed by atoms with van der Waals surface area (Å²) in [6.07, 6.45) is 7.11. The van der Waals surface area contributed by atoms with Gasteiger partial charge in [0.15, 0.2) is 0 Å². The van der Waals surface area contributed by atoms with Gasteiger partial charge in [-0.05, 0) is 38.2 Å². The van der Waals surface area contributed by atoms with Crippen LogP contribution in [0.4, 0.5) is 0 Å². The number of carbonyl (C=O) groups is 2. The van der Waals surface area contributed by atoms with Gasteiger partial charge in [-0.3, -0.25) is 9.59 Å². The molecule has 2 amide bonds. The van der Waals surface area contributed by atoms with E-state index in [2.05, 4.69) is 5.32 Å². The summed E-state index contributed by atoms with van der Waals surface area (Å²) < 4.78 is 0. The van der Waals surface area contributed by atoms with Crippen molar-refractivity contribution < 1.29 is 9.59 Å². The third-order valence-corrected chi connectivity index (χ3v) is 5.42. The van der Waals surface area contributed by atoms with E-state index in [1.54, 1.807) is 0 Å². The Balaban J connectivity index is 1.64. The molecule has 4 nitrogen and oxygen atoms in total. The van der Waals surface area contributed by atoms with Crippen LogP contribution in [0, 0.1) is 5.41 Å². The number of hydrogen-bond donors (Lipinski definition) is 1. The highest BCUT2D eigenvalue weighted by Gasteiger charge is 2.58. The number of hydrogen-bond acceptors (Lipinski definition) is 2. The molecule has 0 saturated heterocycles. The van der Waals surface area contributed by atoms with E-state index in [0.29, 0.717) is 25.9 Å². The SMILES string of the molecule is CCN(Cc1ccccc1)C(=O)C1(C(=O)NC2CCCCC2)CC1. The Hall–Kier alpha value is -1.84. The molecular formula is C20H28N2O2. The summed E-state index contributed by atoms with van der Waals surface area (Å²) in [6.45, 7) is 3.19. The molecule has 24 heavy (non-hydrogen) atoms. The zero-order valence-corrected chi connectivity index (χ0v) is 14.6. The van der Waals surface area contributed by atoms with Crippen LogP contribution in [-0.4, -0.2) is 29.3 Å². The van der Waals surface area contributed by atoms with Crippen molar-refractivity contribution >= 4 is 11.8 Å². The Morgan fingerprint density at radius 2 is 1.79 bits per heavy atom. The van der Waals surface area contributed by atoms with Crippen molar-refractivity contribution in [3.63, 3.8) is 0 Å². The number of amides is 2. The summed E-state index contributed by atoms with van der Waals surface area (Å²) >= 11 is 0. The fourth-order valence-electron chi connectivity index (χ4n) is 3.67. The monoisotopic (exact) mass is 328 g/mol. The molecule has 0 atom stereocenters. The van der Waals surface area contributed by atoms with Gasteiger partial charge < -0.3 is 10.2 Å². The summed E-state index contributed by atoms with van der Waals surface area (Å²) in [5.74, 6) is -0.0342. The Bertz CT molecular complexity index is 575. The van der Waals surface area contributed by atoms with Crippen LogP contribution in [0.2, 0.25) is 0 Å². The predicted molar refractivity (Wildman–Crippen MR) is 94.2 cm³/mol. The molecule has 0 aliphatic heterocycles. The highest BCUT2D eigenvalue weighted by atomic mass is 16.2. The third kappa shape index (κ3) is 3.63. The molecule has 2 saturated carbocycles. The second-order valence-corrected chi connectivity index (χ2v) is 7.20. The molecule has 1 aromatic carbocycles. The van der Waals surface area contributed by atoms with Crippen molar-refractivity contribution in [2.45, 2.75) is 64.5 Å². The van der Waals surface area contributed by atoms with Gasteiger partial charge in [0, 0.05) is 19.1 Å². The molecular weight excluding hydrogens is 300 g/mol. The maximum Gasteiger partial charge on any atom is 0.238 e. The van der Waals surface area contributed by atoms with Crippen molar-refractivity contribution in [1.82, 2.24) is 10.2 Å². The van der Waals surface area contributed by atoms with Crippen LogP contribution in [0.3, 0.4) is 0 Å². The number of benzene rings is 1. The van der Waals surface area contributed by atoms with Gasteiger partial charge in [0.1, 0.15) is 5.41 Å². The molecule has 1 aromatic rings. The molecule has 0 unspecified atom stereocenters. The zero-order valence-electron chi connectivity index (χ0n) is 14.6. The first kappa shape index (κ1) is 17.0. The summed E-state index contributed by atoms with van der Waals surface area (Å²) in [7, 11) is 0. The van der Waals surface area contributed by atoms with E-state index in [1.807, 2.05) is 42.2 Å². The molecule has 130 valence electrons. The Labute approximate surface area is 144 Å². The fraction of sp³-hybridized carbons (Fsp3) is 0.600. The number of nitrogens with zero attached hydrogens (tertiary/aromatic N) is 1. The highest BCUT2D eigenvalue weighted by Crippen LogP contribution is 2.48. The fourth-order valence-corrected chi connectivity index (χ4v) is 3.67. The largest absolute Gasteiger partial charge is 0.352 e. The lowest BCUT2D eigenvalue weighted by atomic mass is 9.94. The Morgan fingerprint density at radius 1 is 1.12 bits per heavy atom. The van der Waals surface area contributed by atoms with E-state index in [1.165, 1.54) is 19.3 Å². The van der Waals surface area contributed by atoms with Gasteiger partial charge >= 0.3 is 0 Å². The van der Waals surface area contributed by atoms with Crippen molar-refractivity contribution in [2.24, 2.45) is 5.41 Å². The van der Waals surface area contributed by atoms with Crippen LogP contribution >= 0.6 is 0 Å². The molecule has 0 radical (unpaired) electrons. The van der Waals surface area contributed by atoms with Crippen LogP contribution in [0.1, 0.15) is 57.4 Å². The summed E-state index contributed by atoms with van der Waals surface area (Å²) in [5.41, 5.74) is 0.318. The van der Waals surface area contributed by atoms with Gasteiger partial charge in [-0.1, -0.05) is 49.6 Å². The van der Waals surface area contributed by atoms with Crippen molar-refractivity contribution in [3.05, 3.63) is 35.9 Å². The first-order valence-corrected chi connectivity index (χ1v) is 9.30. The van der Waals surface area contributed by atoms with Crippen LogP contribution in [0.15, 0.2) is 30.3 Å². The van der Waals surface area contributed by atoms with Gasteiger partial charge in [-0.15, -0.1) is 0 Å². The van der Waals surface area contributed by atoms with E-state index >= 15 is 0 Å². The smallest absolute Gasteiger partial charge is 0.238 e. The minimum atomic E-state index is -0.789. The number of nitrogens with one attached hydrogen (secondary N) is 1. The van der Waals surface area contributed by atoms with E-state index < -0.39 is 5.41 Å². The third-order valence-electron chi connectivity index (χ3n) is 5.42. The molecule has 2 aliphatic rings. The molecule has 2 fully saturated rings. The first-order chi connectivity index (χ1) is 11.7. The van der Waals surface area contributed by atoms with Gasteiger partial charge in [0.2, 0.25) is 11.8 Å². The molecule has 3 rings (SSSR count). The summed E-state index contributed by atoms with van der Waals surface area (Å²) in [4.78, 5) is 27.6. The molecule has 0 heterocycles. The maximum absolute atomic E-state index is 13.0. The predicted octanol–water partition coefficient (Wildman–Crippen LogP) is 3.26. The van der Waals surface area contributed by atoms with Crippen LogP contribution < -0.4 is 5.32 Å². The van der Waals surface area contributed by atoms with Crippen molar-refractivity contribution in [2.75, 3.05) is 6.54 Å². The summed E-state index contributed by atoms with van der Waals surface area (Å²) in [5, 5.41) is 3.16. The van der Waals surface area contributed by atoms with Gasteiger partial charge in [-0.25, -0.2) is 0 Å². The van der Waals surface area contributed by atoms with E-state index in [0.717, 1.165) is 18.4 Å². The number of carbonyl (C=O) groups excluding carboxylic acids is 2. The molecule has 0 spiro atoms. The molecule has 0 aromatic heterocycles. The van der Waals surface area contributed by atoms with Gasteiger partial charge in [-0.2, -0.15) is 0 Å². The van der Waals surface area contributed by atoms with Crippen molar-refractivity contribution in [3.8, 4) is 0 Å². The maximum atomic E-state index is 13.0. The van der Waals surface area contributed by atoms with E-state index in [9.17, 15) is 9.59 Å². The first-order valence-electron chi connectivity index (χ1n) is 9.30. The van der Waals surface area contributed by atoms with Crippen molar-refractivity contribution in [1.29, 1.82) is 0 Å². The van der Waals surface area contributed by atoms with Gasteiger partial charge in [0.25, 0.3) is 0 Å². The highest BCUT2D eigenvalue weighted by molar-refractivity contribution is 6.07. The minimum absolute atomic E-state index is 0.00200. The molecule has 2 aliphatic carbocycles. The quantitative estimate of drug-likeness (QED) is 0.815. The average molecular weight is 328 g/mol. The lowest BCUT2D eigenvalue weighted by molar-refractivity contribution is -0.145. The molecule has 1 N–H and O–H groups in total. The van der Waals surface area contributed by atoms with Crippen LogP contribution in [-0.2, 0) is 16.1 Å². The number of rotatable bonds is 6. The second-order valence-electron chi connectivity index (χ2n) is 7.20. The lowest BCUT2D eigenvalue weighted by Gasteiger charge is -2.28. The van der Waals surface area contributed by atoms with Gasteiger partial charge in [0.05, 0.1) is 0 Å². The Kier molecular flexibility index (Phi) is 5.22. The second kappa shape index (κ2) is 7.37. The topological polar surface area (TPSA) is 49.4 Å². The minimum Gasteiger partial charge on any atom is -0.352 e. The standard InChI is InChI=1S/C20H28N2O2/c1-2-22(15-16-9-5-3-6-10-16)19(24)20(13-14-20)18(23)21-17-11-7-4-8-12-17/h3,5-6,9-10,17H,2,4,7-8,11-15H2,1H3,(H,21,23). The molecule has 4 heteroatoms. The lowest BCUT2D eigenvalue weighted by Crippen LogP contribution is -2.48. The Morgan fingerprint density at radius 3 is 2.38 bits per heavy atom. The van der Waals surface area contributed by atoms with Crippen LogP contribution in [0.5, 0.6) is 0 Å². The van der Waals surface area contributed by atoms with E-state index in [4.69, 9.17) is 0 Å².